The van der Waals surface area contributed by atoms with Gasteiger partial charge in [-0.05, 0) is 38.7 Å². The minimum atomic E-state index is -0.729. The molecule has 0 N–H and O–H groups in total. The van der Waals surface area contributed by atoms with Gasteiger partial charge in [-0.25, -0.2) is 0 Å². The van der Waals surface area contributed by atoms with Gasteiger partial charge in [-0.1, -0.05) is 6.07 Å². The molecule has 1 atom stereocenters. The van der Waals surface area contributed by atoms with Gasteiger partial charge in [0.25, 0.3) is 0 Å². The molecule has 1 unspecified atom stereocenters. The van der Waals surface area contributed by atoms with E-state index < -0.39 is 5.54 Å². The van der Waals surface area contributed by atoms with E-state index in [0.29, 0.717) is 24.7 Å². The maximum absolute atomic E-state index is 9.32. The fraction of sp³-hybridized carbons (Fsp3) is 0.462. The number of likely N-dealkylation sites (N-methyl/N-ethyl adjacent to an activating group) is 1. The first kappa shape index (κ1) is 11.7. The summed E-state index contributed by atoms with van der Waals surface area (Å²) in [5.41, 5.74) is 0.383. The molecule has 4 heteroatoms. The number of nitrogens with zero attached hydrogens (tertiary/aromatic N) is 2. The van der Waals surface area contributed by atoms with E-state index in [1.807, 2.05) is 44.1 Å². The molecule has 2 rings (SSSR count). The molecule has 0 saturated carbocycles. The van der Waals surface area contributed by atoms with Crippen LogP contribution in [0.3, 0.4) is 0 Å². The Morgan fingerprint density at radius 3 is 2.47 bits per heavy atom. The number of rotatable bonds is 1. The van der Waals surface area contributed by atoms with Crippen molar-refractivity contribution in [3.63, 3.8) is 0 Å². The third-order valence-corrected chi connectivity index (χ3v) is 3.10. The lowest BCUT2D eigenvalue weighted by Crippen LogP contribution is -2.51. The van der Waals surface area contributed by atoms with Crippen molar-refractivity contribution in [2.45, 2.75) is 12.5 Å². The Bertz CT molecular complexity index is 465. The Morgan fingerprint density at radius 2 is 1.88 bits per heavy atom. The summed E-state index contributed by atoms with van der Waals surface area (Å²) in [5.74, 6) is 1.42. The Morgan fingerprint density at radius 1 is 1.24 bits per heavy atom. The Kier molecular flexibility index (Phi) is 2.95. The van der Waals surface area contributed by atoms with Crippen LogP contribution in [0.2, 0.25) is 0 Å². The van der Waals surface area contributed by atoms with Gasteiger partial charge in [0.15, 0.2) is 17.0 Å². The summed E-state index contributed by atoms with van der Waals surface area (Å²) in [6.07, 6.45) is 0. The van der Waals surface area contributed by atoms with Gasteiger partial charge < -0.3 is 9.47 Å². The van der Waals surface area contributed by atoms with Crippen molar-refractivity contribution in [1.29, 1.82) is 5.26 Å². The van der Waals surface area contributed by atoms with Crippen LogP contribution in [0.1, 0.15) is 5.56 Å². The molecule has 1 aliphatic rings. The first-order valence-corrected chi connectivity index (χ1v) is 5.52. The summed E-state index contributed by atoms with van der Waals surface area (Å²) >= 11 is 0. The number of benzene rings is 1. The Hall–Kier alpha value is -1.73. The molecule has 0 radical (unpaired) electrons. The second-order valence-corrected chi connectivity index (χ2v) is 4.57. The molecule has 1 aromatic rings. The molecule has 0 fully saturated rings. The number of fused-ring (bicyclic) bond motifs is 1. The van der Waals surface area contributed by atoms with Crippen molar-refractivity contribution >= 4 is 0 Å². The molecule has 0 saturated heterocycles. The highest BCUT2D eigenvalue weighted by Gasteiger charge is 2.37. The molecule has 90 valence electrons. The van der Waals surface area contributed by atoms with Gasteiger partial charge in [0.1, 0.15) is 13.2 Å². The Balaban J connectivity index is 2.30. The zero-order chi connectivity index (χ0) is 12.5. The van der Waals surface area contributed by atoms with Gasteiger partial charge >= 0.3 is 0 Å². The fourth-order valence-electron chi connectivity index (χ4n) is 1.71. The van der Waals surface area contributed by atoms with Gasteiger partial charge in [0, 0.05) is 0 Å². The Labute approximate surface area is 101 Å². The average molecular weight is 232 g/mol. The minimum absolute atomic E-state index is 0.312. The lowest BCUT2D eigenvalue weighted by molar-refractivity contribution is 0.0979. The normalized spacial score (nSPS) is 23.0. The molecule has 0 amide bonds. The molecule has 1 heterocycles. The van der Waals surface area contributed by atoms with Crippen molar-refractivity contribution in [2.75, 3.05) is 27.3 Å². The van der Waals surface area contributed by atoms with Crippen LogP contribution in [-0.4, -0.2) is 37.7 Å². The second-order valence-electron chi connectivity index (χ2n) is 4.57. The molecule has 0 bridgehead atoms. The number of hydrogen-bond donors (Lipinski definition) is 0. The highest BCUT2D eigenvalue weighted by Crippen LogP contribution is 2.32. The highest BCUT2D eigenvalue weighted by molar-refractivity contribution is 5.43. The highest BCUT2D eigenvalue weighted by atomic mass is 16.5. The molecule has 1 aliphatic heterocycles. The van der Waals surface area contributed by atoms with Crippen molar-refractivity contribution in [3.8, 4) is 17.6 Å². The predicted molar refractivity (Wildman–Crippen MR) is 64.2 cm³/mol. The number of hydrogen-bond acceptors (Lipinski definition) is 4. The number of aryl methyl sites for hydroxylation is 1. The summed E-state index contributed by atoms with van der Waals surface area (Å²) in [6, 6.07) is 8.06. The molecule has 0 spiro atoms. The third kappa shape index (κ3) is 2.06. The van der Waals surface area contributed by atoms with Gasteiger partial charge in [0.2, 0.25) is 0 Å². The lowest BCUT2D eigenvalue weighted by Gasteiger charge is -2.30. The maximum Gasteiger partial charge on any atom is 0.177 e. The van der Waals surface area contributed by atoms with Crippen molar-refractivity contribution in [2.24, 2.45) is 0 Å². The topological polar surface area (TPSA) is 45.5 Å². The number of ether oxygens (including phenoxy) is 2. The van der Waals surface area contributed by atoms with E-state index >= 15 is 0 Å². The van der Waals surface area contributed by atoms with E-state index in [4.69, 9.17) is 9.47 Å². The molecule has 4 nitrogen and oxygen atoms in total. The van der Waals surface area contributed by atoms with E-state index in [1.165, 1.54) is 0 Å². The third-order valence-electron chi connectivity index (χ3n) is 3.10. The summed E-state index contributed by atoms with van der Waals surface area (Å²) in [4.78, 5) is 1.84. The molecular weight excluding hydrogens is 216 g/mol. The van der Waals surface area contributed by atoms with Gasteiger partial charge in [-0.15, -0.1) is 0 Å². The molecule has 0 aliphatic carbocycles. The van der Waals surface area contributed by atoms with Crippen LogP contribution in [0.15, 0.2) is 18.2 Å². The van der Waals surface area contributed by atoms with E-state index in [2.05, 4.69) is 6.07 Å². The predicted octanol–water partition coefficient (Wildman–Crippen LogP) is 1.59. The van der Waals surface area contributed by atoms with Crippen LogP contribution in [0.4, 0.5) is 0 Å². The minimum Gasteiger partial charge on any atom is -0.486 e. The van der Waals surface area contributed by atoms with Crippen LogP contribution in [0.25, 0.3) is 0 Å². The monoisotopic (exact) mass is 232 g/mol. The molecule has 17 heavy (non-hydrogen) atoms. The maximum atomic E-state index is 9.32. The molecule has 0 aromatic heterocycles. The largest absolute Gasteiger partial charge is 0.486 e. The van der Waals surface area contributed by atoms with Crippen molar-refractivity contribution in [1.82, 2.24) is 4.90 Å². The van der Waals surface area contributed by atoms with E-state index in [0.717, 1.165) is 5.56 Å². The SMILES string of the molecule is Cc1ccc2c(c1)OCC(C#N)(N(C)C)CO2. The summed E-state index contributed by atoms with van der Waals surface area (Å²) in [7, 11) is 3.72. The summed E-state index contributed by atoms with van der Waals surface area (Å²) in [5, 5.41) is 9.32. The molecular formula is C13H16N2O2. The van der Waals surface area contributed by atoms with Crippen LogP contribution in [0, 0.1) is 18.3 Å². The summed E-state index contributed by atoms with van der Waals surface area (Å²) < 4.78 is 11.4. The van der Waals surface area contributed by atoms with E-state index in [-0.39, 0.29) is 0 Å². The lowest BCUT2D eigenvalue weighted by atomic mass is 10.0. The standard InChI is InChI=1S/C13H16N2O2/c1-10-4-5-11-12(6-10)17-9-13(7-14,8-16-11)15(2)3/h4-6H,8-9H2,1-3H3. The van der Waals surface area contributed by atoms with Crippen molar-refractivity contribution in [3.05, 3.63) is 23.8 Å². The smallest absolute Gasteiger partial charge is 0.177 e. The van der Waals surface area contributed by atoms with E-state index in [9.17, 15) is 5.26 Å². The summed E-state index contributed by atoms with van der Waals surface area (Å²) in [6.45, 7) is 2.62. The van der Waals surface area contributed by atoms with Crippen molar-refractivity contribution < 1.29 is 9.47 Å². The molecule has 1 aromatic carbocycles. The first-order valence-electron chi connectivity index (χ1n) is 5.52. The fourth-order valence-corrected chi connectivity index (χ4v) is 1.71. The van der Waals surface area contributed by atoms with Crippen LogP contribution < -0.4 is 9.47 Å². The van der Waals surface area contributed by atoms with E-state index in [1.54, 1.807) is 0 Å². The van der Waals surface area contributed by atoms with Gasteiger partial charge in [-0.2, -0.15) is 5.26 Å². The van der Waals surface area contributed by atoms with Crippen LogP contribution in [-0.2, 0) is 0 Å². The van der Waals surface area contributed by atoms with Crippen LogP contribution in [0.5, 0.6) is 11.5 Å². The van der Waals surface area contributed by atoms with Crippen LogP contribution >= 0.6 is 0 Å². The van der Waals surface area contributed by atoms with Gasteiger partial charge in [-0.3, -0.25) is 4.90 Å². The quantitative estimate of drug-likeness (QED) is 0.737. The average Bonchev–Trinajstić information content (AvgIpc) is 2.49. The zero-order valence-electron chi connectivity index (χ0n) is 10.4. The second kappa shape index (κ2) is 4.27. The first-order chi connectivity index (χ1) is 8.07. The number of nitriles is 1. The zero-order valence-corrected chi connectivity index (χ0v) is 10.4. The van der Waals surface area contributed by atoms with Gasteiger partial charge in [0.05, 0.1) is 6.07 Å².